The fraction of sp³-hybridized carbons (Fsp3) is 0.364. The smallest absolute Gasteiger partial charge is 0.324 e. The van der Waals surface area contributed by atoms with E-state index in [9.17, 15) is 26.4 Å². The van der Waals surface area contributed by atoms with E-state index >= 15 is 0 Å². The van der Waals surface area contributed by atoms with E-state index in [4.69, 9.17) is 0 Å². The zero-order valence-electron chi connectivity index (χ0n) is 19.6. The first kappa shape index (κ1) is 27.4. The third kappa shape index (κ3) is 7.10. The van der Waals surface area contributed by atoms with E-state index in [1.165, 1.54) is 57.6 Å². The quantitative estimate of drug-likeness (QED) is 0.406. The standard InChI is InChI=1S/C22H30N4O6S2/c1-5-26(6-2)34(31,32)20-13-9-18(10-14-20)24-21(27)15-23-22(28)17-7-11-19(12-8-17)33(29,30)25-16(3)4/h7-14,16,25H,5-6,15H2,1-4H3,(H,23,28)(H,24,27)/p+1. The Morgan fingerprint density at radius 1 is 0.882 bits per heavy atom. The Morgan fingerprint density at radius 3 is 1.91 bits per heavy atom. The lowest BCUT2D eigenvalue weighted by Crippen LogP contribution is -2.91. The summed E-state index contributed by atoms with van der Waals surface area (Å²) in [4.78, 5) is 24.7. The summed E-state index contributed by atoms with van der Waals surface area (Å²) in [6.07, 6.45) is 0. The summed E-state index contributed by atoms with van der Waals surface area (Å²) in [5.74, 6) is -1.04. The zero-order chi connectivity index (χ0) is 25.5. The molecule has 0 aliphatic rings. The summed E-state index contributed by atoms with van der Waals surface area (Å²) >= 11 is 0. The van der Waals surface area contributed by atoms with Gasteiger partial charge in [-0.15, -0.1) is 0 Å². The highest BCUT2D eigenvalue weighted by Crippen LogP contribution is 2.18. The molecule has 2 aromatic carbocycles. The van der Waals surface area contributed by atoms with Gasteiger partial charge in [-0.25, -0.2) is 13.1 Å². The van der Waals surface area contributed by atoms with Crippen molar-refractivity contribution in [1.82, 2.24) is 9.62 Å². The third-order valence-corrected chi connectivity index (χ3v) is 8.68. The molecule has 0 radical (unpaired) electrons. The lowest BCUT2D eigenvalue weighted by molar-refractivity contribution is -0.531. The van der Waals surface area contributed by atoms with Gasteiger partial charge >= 0.3 is 10.0 Å². The van der Waals surface area contributed by atoms with Crippen molar-refractivity contribution in [1.29, 1.82) is 0 Å². The third-order valence-electron chi connectivity index (χ3n) is 4.79. The number of nitrogens with one attached hydrogen (secondary N) is 2. The zero-order valence-corrected chi connectivity index (χ0v) is 21.2. The average Bonchev–Trinajstić information content (AvgIpc) is 2.77. The molecule has 0 aromatic heterocycles. The molecule has 0 aliphatic carbocycles. The number of benzene rings is 2. The minimum atomic E-state index is -3.59. The first-order valence-corrected chi connectivity index (χ1v) is 13.8. The lowest BCUT2D eigenvalue weighted by Gasteiger charge is -2.18. The SMILES string of the molecule is CCN(CC)S(=O)(=O)c1ccc(NC(=O)CNC(=O)c2ccc(S(=O)(=O)[NH2+]C(C)C)cc2)cc1. The Morgan fingerprint density at radius 2 is 1.41 bits per heavy atom. The molecule has 12 heteroatoms. The minimum Gasteiger partial charge on any atom is -0.343 e. The van der Waals surface area contributed by atoms with E-state index in [0.29, 0.717) is 18.8 Å². The Hall–Kier alpha value is -2.80. The van der Waals surface area contributed by atoms with Crippen LogP contribution < -0.4 is 15.4 Å². The highest BCUT2D eigenvalue weighted by molar-refractivity contribution is 7.89. The van der Waals surface area contributed by atoms with Gasteiger partial charge in [0.25, 0.3) is 5.91 Å². The van der Waals surface area contributed by atoms with Crippen LogP contribution in [0.25, 0.3) is 0 Å². The molecule has 0 bridgehead atoms. The molecule has 0 heterocycles. The molecule has 0 fully saturated rings. The van der Waals surface area contributed by atoms with Gasteiger partial charge in [0.2, 0.25) is 15.9 Å². The van der Waals surface area contributed by atoms with Gasteiger partial charge in [-0.1, -0.05) is 13.8 Å². The van der Waals surface area contributed by atoms with Crippen LogP contribution in [0.1, 0.15) is 38.1 Å². The van der Waals surface area contributed by atoms with E-state index in [1.54, 1.807) is 27.7 Å². The van der Waals surface area contributed by atoms with Crippen molar-refractivity contribution >= 4 is 37.5 Å². The molecule has 10 nitrogen and oxygen atoms in total. The molecular formula is C22H31N4O6S2+. The van der Waals surface area contributed by atoms with Crippen molar-refractivity contribution in [3.63, 3.8) is 0 Å². The second kappa shape index (κ2) is 11.6. The Labute approximate surface area is 200 Å². The minimum absolute atomic E-state index is 0.0851. The van der Waals surface area contributed by atoms with Gasteiger partial charge in [-0.05, 0) is 62.4 Å². The summed E-state index contributed by atoms with van der Waals surface area (Å²) in [6.45, 7) is 7.41. The number of sulfonamides is 2. The van der Waals surface area contributed by atoms with Crippen LogP contribution in [0.3, 0.4) is 0 Å². The van der Waals surface area contributed by atoms with Crippen molar-refractivity contribution in [3.8, 4) is 0 Å². The summed E-state index contributed by atoms with van der Waals surface area (Å²) in [5, 5.41) is 5.05. The maximum atomic E-state index is 12.5. The molecule has 0 atom stereocenters. The first-order chi connectivity index (χ1) is 15.9. The van der Waals surface area contributed by atoms with E-state index in [1.807, 2.05) is 0 Å². The van der Waals surface area contributed by atoms with Gasteiger partial charge in [-0.2, -0.15) is 12.7 Å². The van der Waals surface area contributed by atoms with Crippen LogP contribution in [0.15, 0.2) is 58.3 Å². The van der Waals surface area contributed by atoms with Crippen LogP contribution in [0.4, 0.5) is 5.69 Å². The topological polar surface area (TPSA) is 146 Å². The van der Waals surface area contributed by atoms with E-state index in [-0.39, 0.29) is 27.9 Å². The number of rotatable bonds is 11. The van der Waals surface area contributed by atoms with Gasteiger partial charge < -0.3 is 10.6 Å². The van der Waals surface area contributed by atoms with E-state index < -0.39 is 31.9 Å². The largest absolute Gasteiger partial charge is 0.343 e. The van der Waals surface area contributed by atoms with Gasteiger partial charge in [0.15, 0.2) is 0 Å². The molecule has 0 aliphatic heterocycles. The number of hydrogen-bond acceptors (Lipinski definition) is 6. The van der Waals surface area contributed by atoms with Gasteiger partial charge in [-0.3, -0.25) is 9.59 Å². The fourth-order valence-electron chi connectivity index (χ4n) is 3.12. The maximum Gasteiger partial charge on any atom is 0.324 e. The Balaban J connectivity index is 1.94. The van der Waals surface area contributed by atoms with Crippen LogP contribution in [0.2, 0.25) is 0 Å². The van der Waals surface area contributed by atoms with Crippen molar-refractivity contribution in [2.75, 3.05) is 25.0 Å². The van der Waals surface area contributed by atoms with Crippen molar-refractivity contribution in [3.05, 3.63) is 54.1 Å². The second-order valence-corrected chi connectivity index (χ2v) is 11.6. The monoisotopic (exact) mass is 511 g/mol. The number of nitrogens with zero attached hydrogens (tertiary/aromatic N) is 1. The molecule has 0 saturated carbocycles. The van der Waals surface area contributed by atoms with Crippen LogP contribution in [0, 0.1) is 0 Å². The van der Waals surface area contributed by atoms with E-state index in [2.05, 4.69) is 10.6 Å². The maximum absolute atomic E-state index is 12.5. The number of carbonyl (C=O) groups excluding carboxylic acids is 2. The number of primary sulfonamides is 1. The normalized spacial score (nSPS) is 12.1. The molecule has 34 heavy (non-hydrogen) atoms. The second-order valence-electron chi connectivity index (χ2n) is 7.79. The number of anilines is 1. The van der Waals surface area contributed by atoms with Gasteiger partial charge in [0.1, 0.15) is 4.90 Å². The molecule has 2 rings (SSSR count). The molecule has 0 unspecified atom stereocenters. The summed E-state index contributed by atoms with van der Waals surface area (Å²) < 4.78 is 52.0. The van der Waals surface area contributed by atoms with Crippen LogP contribution >= 0.6 is 0 Å². The fourth-order valence-corrected chi connectivity index (χ4v) is 5.97. The Kier molecular flexibility index (Phi) is 9.33. The highest BCUT2D eigenvalue weighted by atomic mass is 32.2. The molecule has 4 N–H and O–H groups in total. The highest BCUT2D eigenvalue weighted by Gasteiger charge is 2.22. The molecule has 2 amide bonds. The first-order valence-electron chi connectivity index (χ1n) is 10.8. The lowest BCUT2D eigenvalue weighted by atomic mass is 10.2. The average molecular weight is 512 g/mol. The molecule has 186 valence electrons. The van der Waals surface area contributed by atoms with Gasteiger partial charge in [0.05, 0.1) is 17.5 Å². The van der Waals surface area contributed by atoms with Crippen LogP contribution in [-0.4, -0.2) is 58.6 Å². The summed E-state index contributed by atoms with van der Waals surface area (Å²) in [6, 6.07) is 11.1. The van der Waals surface area contributed by atoms with Crippen molar-refractivity contribution in [2.45, 2.75) is 43.5 Å². The van der Waals surface area contributed by atoms with Crippen molar-refractivity contribution < 1.29 is 31.1 Å². The van der Waals surface area contributed by atoms with Crippen LogP contribution in [-0.2, 0) is 24.8 Å². The van der Waals surface area contributed by atoms with Crippen LogP contribution in [0.5, 0.6) is 0 Å². The summed E-state index contributed by atoms with van der Waals surface area (Å²) in [5.41, 5.74) is 0.593. The number of carbonyl (C=O) groups is 2. The predicted octanol–water partition coefficient (Wildman–Crippen LogP) is 0.746. The van der Waals surface area contributed by atoms with E-state index in [0.717, 1.165) is 0 Å². The molecular weight excluding hydrogens is 480 g/mol. The molecule has 0 saturated heterocycles. The number of hydrogen-bond donors (Lipinski definition) is 3. The molecule has 2 aromatic rings. The predicted molar refractivity (Wildman–Crippen MR) is 128 cm³/mol. The molecule has 0 spiro atoms. The summed E-state index contributed by atoms with van der Waals surface area (Å²) in [7, 11) is -7.14. The Bertz CT molecular complexity index is 1210. The number of quaternary nitrogens is 1. The van der Waals surface area contributed by atoms with Crippen molar-refractivity contribution in [2.24, 2.45) is 0 Å². The number of nitrogens with two attached hydrogens (primary N) is 1. The van der Waals surface area contributed by atoms with Gasteiger partial charge in [0, 0.05) is 24.3 Å². The number of amides is 2.